The Balaban J connectivity index is 1.45. The van der Waals surface area contributed by atoms with Crippen molar-refractivity contribution >= 4 is 5.96 Å². The highest BCUT2D eigenvalue weighted by atomic mass is 16.5. The van der Waals surface area contributed by atoms with Crippen molar-refractivity contribution in [3.63, 3.8) is 0 Å². The zero-order valence-electron chi connectivity index (χ0n) is 13.3. The number of aliphatic imine (C=N–C) groups is 1. The second-order valence-corrected chi connectivity index (χ2v) is 6.52. The normalized spacial score (nSPS) is 33.4. The predicted octanol–water partition coefficient (Wildman–Crippen LogP) is 1.35. The van der Waals surface area contributed by atoms with E-state index >= 15 is 0 Å². The fourth-order valence-corrected chi connectivity index (χ4v) is 3.77. The van der Waals surface area contributed by atoms with Crippen molar-refractivity contribution in [1.82, 2.24) is 15.5 Å². The Kier molecular flexibility index (Phi) is 5.36. The van der Waals surface area contributed by atoms with Gasteiger partial charge in [-0.25, -0.2) is 0 Å². The van der Waals surface area contributed by atoms with Crippen LogP contribution in [0.3, 0.4) is 0 Å². The number of nitrogens with one attached hydrogen (secondary N) is 2. The Morgan fingerprint density at radius 1 is 1.24 bits per heavy atom. The Morgan fingerprint density at radius 2 is 2.10 bits per heavy atom. The van der Waals surface area contributed by atoms with Crippen molar-refractivity contribution in [2.45, 2.75) is 63.7 Å². The lowest BCUT2D eigenvalue weighted by Crippen LogP contribution is -2.47. The standard InChI is InChI=1S/C16H30N4O/c1-2-17-16(18-8-11-20-9-4-3-5-10-20)19-14-12-13-6-7-15(14)21-13/h13-15H,2-12H2,1H3,(H2,17,18,19). The number of fused-ring (bicyclic) bond motifs is 2. The van der Waals surface area contributed by atoms with Crippen LogP contribution in [0.4, 0.5) is 0 Å². The van der Waals surface area contributed by atoms with E-state index in [4.69, 9.17) is 9.73 Å². The molecule has 3 unspecified atom stereocenters. The molecule has 5 nitrogen and oxygen atoms in total. The second kappa shape index (κ2) is 7.45. The maximum Gasteiger partial charge on any atom is 0.191 e. The SMILES string of the molecule is CCNC(=NCCN1CCCCC1)NC1CC2CCC1O2. The first-order valence-electron chi connectivity index (χ1n) is 8.78. The topological polar surface area (TPSA) is 48.9 Å². The van der Waals surface area contributed by atoms with Gasteiger partial charge in [-0.1, -0.05) is 6.42 Å². The maximum atomic E-state index is 5.91. The van der Waals surface area contributed by atoms with Crippen LogP contribution in [-0.4, -0.2) is 61.8 Å². The number of piperidine rings is 1. The first kappa shape index (κ1) is 15.1. The second-order valence-electron chi connectivity index (χ2n) is 6.52. The van der Waals surface area contributed by atoms with E-state index in [0.717, 1.165) is 32.0 Å². The van der Waals surface area contributed by atoms with Crippen LogP contribution >= 0.6 is 0 Å². The van der Waals surface area contributed by atoms with Crippen LogP contribution in [0.2, 0.25) is 0 Å². The predicted molar refractivity (Wildman–Crippen MR) is 85.7 cm³/mol. The molecule has 3 aliphatic rings. The molecule has 120 valence electrons. The quantitative estimate of drug-likeness (QED) is 0.593. The molecule has 0 spiro atoms. The lowest BCUT2D eigenvalue weighted by molar-refractivity contribution is 0.0992. The molecule has 0 aliphatic carbocycles. The van der Waals surface area contributed by atoms with E-state index < -0.39 is 0 Å². The third-order valence-electron chi connectivity index (χ3n) is 4.91. The largest absolute Gasteiger partial charge is 0.373 e. The molecule has 3 atom stereocenters. The molecule has 0 aromatic heterocycles. The summed E-state index contributed by atoms with van der Waals surface area (Å²) in [6.45, 7) is 7.51. The summed E-state index contributed by atoms with van der Waals surface area (Å²) < 4.78 is 5.91. The average molecular weight is 294 g/mol. The van der Waals surface area contributed by atoms with Gasteiger partial charge in [-0.2, -0.15) is 0 Å². The minimum Gasteiger partial charge on any atom is -0.373 e. The minimum atomic E-state index is 0.404. The third-order valence-corrected chi connectivity index (χ3v) is 4.91. The Morgan fingerprint density at radius 3 is 2.76 bits per heavy atom. The zero-order chi connectivity index (χ0) is 14.5. The molecule has 0 saturated carbocycles. The molecule has 3 saturated heterocycles. The van der Waals surface area contributed by atoms with Gasteiger partial charge in [0.05, 0.1) is 24.8 Å². The van der Waals surface area contributed by atoms with Crippen molar-refractivity contribution in [2.75, 3.05) is 32.7 Å². The van der Waals surface area contributed by atoms with Crippen LogP contribution in [0.25, 0.3) is 0 Å². The summed E-state index contributed by atoms with van der Waals surface area (Å²) in [5, 5.41) is 6.95. The minimum absolute atomic E-state index is 0.404. The van der Waals surface area contributed by atoms with Gasteiger partial charge < -0.3 is 20.3 Å². The number of ether oxygens (including phenoxy) is 1. The van der Waals surface area contributed by atoms with E-state index in [1.54, 1.807) is 0 Å². The fourth-order valence-electron chi connectivity index (χ4n) is 3.77. The van der Waals surface area contributed by atoms with Crippen molar-refractivity contribution in [1.29, 1.82) is 0 Å². The summed E-state index contributed by atoms with van der Waals surface area (Å²) >= 11 is 0. The molecule has 2 N–H and O–H groups in total. The van der Waals surface area contributed by atoms with Crippen molar-refractivity contribution in [3.05, 3.63) is 0 Å². The molecule has 3 aliphatic heterocycles. The summed E-state index contributed by atoms with van der Waals surface area (Å²) in [6.07, 6.45) is 8.58. The zero-order valence-corrected chi connectivity index (χ0v) is 13.3. The van der Waals surface area contributed by atoms with Gasteiger partial charge in [0.2, 0.25) is 0 Å². The molecule has 3 heterocycles. The van der Waals surface area contributed by atoms with E-state index in [1.165, 1.54) is 45.2 Å². The molecular weight excluding hydrogens is 264 g/mol. The highest BCUT2D eigenvalue weighted by Gasteiger charge is 2.41. The highest BCUT2D eigenvalue weighted by molar-refractivity contribution is 5.80. The lowest BCUT2D eigenvalue weighted by Gasteiger charge is -2.26. The molecule has 21 heavy (non-hydrogen) atoms. The fraction of sp³-hybridized carbons (Fsp3) is 0.938. The van der Waals surface area contributed by atoms with E-state index in [9.17, 15) is 0 Å². The number of rotatable bonds is 5. The summed E-state index contributed by atoms with van der Waals surface area (Å²) in [5.74, 6) is 0.968. The average Bonchev–Trinajstić information content (AvgIpc) is 3.11. The summed E-state index contributed by atoms with van der Waals surface area (Å²) in [7, 11) is 0. The van der Waals surface area contributed by atoms with Crippen LogP contribution in [0.15, 0.2) is 4.99 Å². The van der Waals surface area contributed by atoms with Gasteiger partial charge in [0.15, 0.2) is 5.96 Å². The third kappa shape index (κ3) is 4.10. The van der Waals surface area contributed by atoms with Crippen molar-refractivity contribution in [2.24, 2.45) is 4.99 Å². The number of nitrogens with zero attached hydrogens (tertiary/aromatic N) is 2. The van der Waals surface area contributed by atoms with Crippen LogP contribution < -0.4 is 10.6 Å². The van der Waals surface area contributed by atoms with Gasteiger partial charge in [-0.15, -0.1) is 0 Å². The lowest BCUT2D eigenvalue weighted by atomic mass is 9.96. The van der Waals surface area contributed by atoms with Gasteiger partial charge in [0, 0.05) is 13.1 Å². The Hall–Kier alpha value is -0.810. The van der Waals surface area contributed by atoms with Gasteiger partial charge in [-0.05, 0) is 52.1 Å². The Bertz CT molecular complexity index is 354. The van der Waals surface area contributed by atoms with Crippen LogP contribution in [0.1, 0.15) is 45.4 Å². The smallest absolute Gasteiger partial charge is 0.191 e. The Labute approximate surface area is 128 Å². The van der Waals surface area contributed by atoms with E-state index in [1.807, 2.05) is 0 Å². The van der Waals surface area contributed by atoms with Crippen LogP contribution in [-0.2, 0) is 4.74 Å². The number of likely N-dealkylation sites (tertiary alicyclic amines) is 1. The first-order chi connectivity index (χ1) is 10.3. The number of hydrogen-bond donors (Lipinski definition) is 2. The molecule has 5 heteroatoms. The van der Waals surface area contributed by atoms with Gasteiger partial charge >= 0.3 is 0 Å². The van der Waals surface area contributed by atoms with E-state index in [-0.39, 0.29) is 0 Å². The van der Waals surface area contributed by atoms with Crippen molar-refractivity contribution in [3.8, 4) is 0 Å². The highest BCUT2D eigenvalue weighted by Crippen LogP contribution is 2.34. The molecule has 0 radical (unpaired) electrons. The summed E-state index contributed by atoms with van der Waals surface area (Å²) in [6, 6.07) is 0.455. The van der Waals surface area contributed by atoms with Gasteiger partial charge in [0.1, 0.15) is 0 Å². The number of guanidine groups is 1. The van der Waals surface area contributed by atoms with E-state index in [0.29, 0.717) is 18.2 Å². The molecule has 2 bridgehead atoms. The summed E-state index contributed by atoms with van der Waals surface area (Å²) in [5.41, 5.74) is 0. The van der Waals surface area contributed by atoms with Crippen LogP contribution in [0, 0.1) is 0 Å². The molecule has 3 fully saturated rings. The first-order valence-corrected chi connectivity index (χ1v) is 8.78. The summed E-state index contributed by atoms with van der Waals surface area (Å²) in [4.78, 5) is 7.29. The van der Waals surface area contributed by atoms with Crippen LogP contribution in [0.5, 0.6) is 0 Å². The van der Waals surface area contributed by atoms with Crippen molar-refractivity contribution < 1.29 is 4.74 Å². The molecule has 0 amide bonds. The molecule has 0 aromatic rings. The maximum absolute atomic E-state index is 5.91. The van der Waals surface area contributed by atoms with Gasteiger partial charge in [0.25, 0.3) is 0 Å². The molecule has 3 rings (SSSR count). The number of hydrogen-bond acceptors (Lipinski definition) is 3. The van der Waals surface area contributed by atoms with E-state index in [2.05, 4.69) is 22.5 Å². The molecule has 0 aromatic carbocycles. The molecular formula is C16H30N4O. The van der Waals surface area contributed by atoms with Gasteiger partial charge in [-0.3, -0.25) is 4.99 Å². The monoisotopic (exact) mass is 294 g/mol.